The maximum absolute atomic E-state index is 9.39. The Bertz CT molecular complexity index is 572. The van der Waals surface area contributed by atoms with Gasteiger partial charge in [0, 0.05) is 0 Å². The molecule has 0 amide bonds. The lowest BCUT2D eigenvalue weighted by Crippen LogP contribution is -2.21. The summed E-state index contributed by atoms with van der Waals surface area (Å²) >= 11 is 5.53. The summed E-state index contributed by atoms with van der Waals surface area (Å²) in [6, 6.07) is 15.5. The van der Waals surface area contributed by atoms with Crippen LogP contribution in [0.1, 0.15) is 11.1 Å². The first kappa shape index (κ1) is 20.5. The molecule has 0 bridgehead atoms. The second-order valence-corrected chi connectivity index (χ2v) is 6.36. The number of aliphatic hydroxyl groups excluding tert-OH is 3. The van der Waals surface area contributed by atoms with Crippen molar-refractivity contribution in [2.45, 2.75) is 25.0 Å². The Morgan fingerprint density at radius 2 is 1.15 bits per heavy atom. The second kappa shape index (κ2) is 11.0. The van der Waals surface area contributed by atoms with Crippen molar-refractivity contribution in [1.29, 1.82) is 0 Å². The summed E-state index contributed by atoms with van der Waals surface area (Å²) in [7, 11) is 0. The molecule has 0 aliphatic rings. The molecule has 1 unspecified atom stereocenters. The fraction of sp³-hybridized carbons (Fsp3) is 0.400. The molecule has 2 aromatic rings. The molecule has 0 spiro atoms. The van der Waals surface area contributed by atoms with Gasteiger partial charge in [-0.05, 0) is 48.2 Å². The van der Waals surface area contributed by atoms with Gasteiger partial charge in [0.25, 0.3) is 0 Å². The van der Waals surface area contributed by atoms with E-state index < -0.39 is 12.2 Å². The largest absolute Gasteiger partial charge is 0.491 e. The molecule has 0 radical (unpaired) electrons. The van der Waals surface area contributed by atoms with Crippen molar-refractivity contribution >= 4 is 11.6 Å². The highest BCUT2D eigenvalue weighted by Gasteiger charge is 2.04. The summed E-state index contributed by atoms with van der Waals surface area (Å²) in [5.41, 5.74) is 2.38. The van der Waals surface area contributed by atoms with E-state index in [9.17, 15) is 10.2 Å². The average molecular weight is 381 g/mol. The van der Waals surface area contributed by atoms with Crippen LogP contribution in [0.3, 0.4) is 0 Å². The molecule has 5 nitrogen and oxygen atoms in total. The molecule has 0 saturated carbocycles. The van der Waals surface area contributed by atoms with Crippen molar-refractivity contribution in [3.05, 3.63) is 59.7 Å². The molecule has 0 fully saturated rings. The molecule has 0 saturated heterocycles. The van der Waals surface area contributed by atoms with E-state index in [1.165, 1.54) is 11.1 Å². The summed E-state index contributed by atoms with van der Waals surface area (Å²) in [4.78, 5) is 0. The molecule has 0 aromatic heterocycles. The van der Waals surface area contributed by atoms with Crippen LogP contribution in [0.5, 0.6) is 11.5 Å². The van der Waals surface area contributed by atoms with Gasteiger partial charge in [-0.25, -0.2) is 0 Å². The minimum atomic E-state index is -0.861. The smallest absolute Gasteiger partial charge is 0.119 e. The molecule has 0 aliphatic heterocycles. The first-order chi connectivity index (χ1) is 12.6. The predicted octanol–water partition coefficient (Wildman–Crippen LogP) is 2.18. The Morgan fingerprint density at radius 3 is 1.54 bits per heavy atom. The molecule has 142 valence electrons. The van der Waals surface area contributed by atoms with Crippen LogP contribution in [-0.2, 0) is 12.8 Å². The highest BCUT2D eigenvalue weighted by atomic mass is 35.5. The first-order valence-corrected chi connectivity index (χ1v) is 9.10. The van der Waals surface area contributed by atoms with Gasteiger partial charge in [-0.15, -0.1) is 11.6 Å². The number of rotatable bonds is 11. The molecule has 2 aromatic carbocycles. The molecule has 26 heavy (non-hydrogen) atoms. The lowest BCUT2D eigenvalue weighted by molar-refractivity contribution is 0.0536. The third-order valence-electron chi connectivity index (χ3n) is 3.82. The molecule has 0 heterocycles. The second-order valence-electron chi connectivity index (χ2n) is 6.05. The van der Waals surface area contributed by atoms with E-state index in [2.05, 4.69) is 0 Å². The van der Waals surface area contributed by atoms with Crippen LogP contribution >= 0.6 is 11.6 Å². The van der Waals surface area contributed by atoms with E-state index in [1.54, 1.807) is 0 Å². The number of benzene rings is 2. The number of alkyl halides is 1. The molecular weight excluding hydrogens is 356 g/mol. The Kier molecular flexibility index (Phi) is 8.71. The fourth-order valence-corrected chi connectivity index (χ4v) is 2.36. The number of aliphatic hydroxyl groups is 3. The Morgan fingerprint density at radius 1 is 0.731 bits per heavy atom. The van der Waals surface area contributed by atoms with E-state index >= 15 is 0 Å². The van der Waals surface area contributed by atoms with Gasteiger partial charge in [-0.2, -0.15) is 0 Å². The van der Waals surface area contributed by atoms with E-state index in [-0.39, 0.29) is 25.7 Å². The van der Waals surface area contributed by atoms with Crippen LogP contribution in [0.4, 0.5) is 0 Å². The van der Waals surface area contributed by atoms with Crippen molar-refractivity contribution in [3.63, 3.8) is 0 Å². The lowest BCUT2D eigenvalue weighted by Gasteiger charge is -2.11. The number of ether oxygens (including phenoxy) is 2. The van der Waals surface area contributed by atoms with E-state index in [0.717, 1.165) is 12.8 Å². The summed E-state index contributed by atoms with van der Waals surface area (Å²) in [5.74, 6) is 1.54. The van der Waals surface area contributed by atoms with Gasteiger partial charge < -0.3 is 24.8 Å². The normalized spacial score (nSPS) is 13.2. The van der Waals surface area contributed by atoms with E-state index in [4.69, 9.17) is 26.2 Å². The van der Waals surface area contributed by atoms with Crippen LogP contribution in [0.15, 0.2) is 48.5 Å². The highest BCUT2D eigenvalue weighted by molar-refractivity contribution is 6.18. The molecule has 0 aliphatic carbocycles. The van der Waals surface area contributed by atoms with E-state index in [0.29, 0.717) is 11.5 Å². The summed E-state index contributed by atoms with van der Waals surface area (Å²) in [6.45, 7) is -0.0476. The Hall–Kier alpha value is -1.79. The zero-order valence-electron chi connectivity index (χ0n) is 14.6. The minimum Gasteiger partial charge on any atom is -0.491 e. The third-order valence-corrected chi connectivity index (χ3v) is 4.18. The Balaban J connectivity index is 1.77. The van der Waals surface area contributed by atoms with Gasteiger partial charge in [0.1, 0.15) is 36.9 Å². The van der Waals surface area contributed by atoms with E-state index in [1.807, 2.05) is 48.5 Å². The van der Waals surface area contributed by atoms with Crippen molar-refractivity contribution in [1.82, 2.24) is 0 Å². The van der Waals surface area contributed by atoms with Crippen LogP contribution in [0.2, 0.25) is 0 Å². The van der Waals surface area contributed by atoms with Crippen LogP contribution in [-0.4, -0.2) is 53.2 Å². The monoisotopic (exact) mass is 380 g/mol. The maximum atomic E-state index is 9.39. The van der Waals surface area contributed by atoms with Gasteiger partial charge in [0.05, 0.1) is 12.5 Å². The molecule has 3 N–H and O–H groups in total. The fourth-order valence-electron chi connectivity index (χ4n) is 2.28. The zero-order valence-corrected chi connectivity index (χ0v) is 15.3. The SMILES string of the molecule is OCC(O)COc1ccc(CCc2ccc(OC[C@H](O)CCl)cc2)cc1. The number of hydrogen-bond donors (Lipinski definition) is 3. The van der Waals surface area contributed by atoms with Crippen molar-refractivity contribution in [2.24, 2.45) is 0 Å². The number of halogens is 1. The summed E-state index contributed by atoms with van der Waals surface area (Å²) in [5, 5.41) is 27.4. The van der Waals surface area contributed by atoms with Crippen molar-refractivity contribution < 1.29 is 24.8 Å². The minimum absolute atomic E-state index is 0.0756. The predicted molar refractivity (Wildman–Crippen MR) is 101 cm³/mol. The molecule has 2 rings (SSSR count). The number of aryl methyl sites for hydroxylation is 2. The van der Waals surface area contributed by atoms with Gasteiger partial charge >= 0.3 is 0 Å². The van der Waals surface area contributed by atoms with Gasteiger partial charge in [-0.3, -0.25) is 0 Å². The van der Waals surface area contributed by atoms with Crippen molar-refractivity contribution in [3.8, 4) is 11.5 Å². The Labute approximate surface area is 158 Å². The summed E-state index contributed by atoms with van der Waals surface area (Å²) in [6.07, 6.45) is 0.272. The number of hydrogen-bond acceptors (Lipinski definition) is 5. The van der Waals surface area contributed by atoms with Crippen molar-refractivity contribution in [2.75, 3.05) is 25.7 Å². The van der Waals surface area contributed by atoms with Gasteiger partial charge in [0.15, 0.2) is 0 Å². The van der Waals surface area contributed by atoms with Gasteiger partial charge in [-0.1, -0.05) is 24.3 Å². The quantitative estimate of drug-likeness (QED) is 0.521. The van der Waals surface area contributed by atoms with Crippen LogP contribution in [0.25, 0.3) is 0 Å². The van der Waals surface area contributed by atoms with Crippen LogP contribution in [0, 0.1) is 0 Å². The average Bonchev–Trinajstić information content (AvgIpc) is 2.70. The molecular formula is C20H25ClO5. The lowest BCUT2D eigenvalue weighted by atomic mass is 10.0. The standard InChI is InChI=1S/C20H25ClO5/c21-11-17(23)13-25-19-7-3-15(4-8-19)1-2-16-5-9-20(10-6-16)26-14-18(24)12-22/h3-10,17-18,22-24H,1-2,11-14H2/t17-,18?/m1/s1. The topological polar surface area (TPSA) is 79.2 Å². The first-order valence-electron chi connectivity index (χ1n) is 8.57. The third kappa shape index (κ3) is 7.22. The summed E-state index contributed by atoms with van der Waals surface area (Å²) < 4.78 is 10.8. The zero-order chi connectivity index (χ0) is 18.8. The maximum Gasteiger partial charge on any atom is 0.119 e. The van der Waals surface area contributed by atoms with Gasteiger partial charge in [0.2, 0.25) is 0 Å². The molecule has 6 heteroatoms. The van der Waals surface area contributed by atoms with Crippen LogP contribution < -0.4 is 9.47 Å². The highest BCUT2D eigenvalue weighted by Crippen LogP contribution is 2.17. The molecule has 2 atom stereocenters.